The Labute approximate surface area is 195 Å². The summed E-state index contributed by atoms with van der Waals surface area (Å²) < 4.78 is 24.2. The molecule has 33 heavy (non-hydrogen) atoms. The normalized spacial score (nSPS) is 16.5. The highest BCUT2D eigenvalue weighted by Gasteiger charge is 2.20. The maximum atomic E-state index is 13.1. The van der Waals surface area contributed by atoms with Gasteiger partial charge in [-0.2, -0.15) is 0 Å². The number of fused-ring (bicyclic) bond motifs is 1. The monoisotopic (exact) mass is 468 g/mol. The second-order valence-electron chi connectivity index (χ2n) is 8.09. The van der Waals surface area contributed by atoms with Crippen LogP contribution in [0.2, 0.25) is 0 Å². The third kappa shape index (κ3) is 5.50. The summed E-state index contributed by atoms with van der Waals surface area (Å²) in [5.41, 5.74) is 2.51. The van der Waals surface area contributed by atoms with Crippen LogP contribution in [-0.4, -0.2) is 66.6 Å². The molecule has 0 atom stereocenters. The van der Waals surface area contributed by atoms with E-state index in [0.717, 1.165) is 49.0 Å². The van der Waals surface area contributed by atoms with E-state index in [9.17, 15) is 9.18 Å². The highest BCUT2D eigenvalue weighted by atomic mass is 32.1. The van der Waals surface area contributed by atoms with E-state index in [2.05, 4.69) is 15.1 Å². The molecule has 3 heterocycles. The average Bonchev–Trinajstić information content (AvgIpc) is 3.29. The molecule has 2 aliphatic heterocycles. The van der Waals surface area contributed by atoms with Crippen molar-refractivity contribution >= 4 is 22.9 Å². The van der Waals surface area contributed by atoms with E-state index in [4.69, 9.17) is 14.5 Å². The number of nitrogens with one attached hydrogen (secondary N) is 1. The van der Waals surface area contributed by atoms with Gasteiger partial charge in [-0.15, -0.1) is 11.3 Å². The van der Waals surface area contributed by atoms with Gasteiger partial charge in [-0.25, -0.2) is 9.37 Å². The number of halogens is 1. The van der Waals surface area contributed by atoms with Crippen molar-refractivity contribution in [2.24, 2.45) is 0 Å². The van der Waals surface area contributed by atoms with Gasteiger partial charge in [0, 0.05) is 48.9 Å². The van der Waals surface area contributed by atoms with Crippen molar-refractivity contribution < 1.29 is 18.7 Å². The summed E-state index contributed by atoms with van der Waals surface area (Å²) in [5.74, 6) is 1.09. The van der Waals surface area contributed by atoms with E-state index in [1.807, 2.05) is 17.5 Å². The second kappa shape index (κ2) is 9.86. The summed E-state index contributed by atoms with van der Waals surface area (Å²) in [6, 6.07) is 11.9. The smallest absolute Gasteiger partial charge is 0.238 e. The number of ether oxygens (including phenoxy) is 2. The fourth-order valence-electron chi connectivity index (χ4n) is 3.96. The zero-order valence-electron chi connectivity index (χ0n) is 18.1. The van der Waals surface area contributed by atoms with Crippen LogP contribution in [0.5, 0.6) is 11.5 Å². The summed E-state index contributed by atoms with van der Waals surface area (Å²) in [5, 5.41) is 6.01. The average molecular weight is 469 g/mol. The quantitative estimate of drug-likeness (QED) is 0.598. The lowest BCUT2D eigenvalue weighted by atomic mass is 10.2. The number of rotatable bonds is 6. The molecule has 1 amide bonds. The molecule has 2 aliphatic rings. The van der Waals surface area contributed by atoms with E-state index in [1.165, 1.54) is 12.1 Å². The molecule has 9 heteroatoms. The number of hydrogen-bond acceptors (Lipinski definition) is 7. The molecule has 0 bridgehead atoms. The Morgan fingerprint density at radius 3 is 2.52 bits per heavy atom. The van der Waals surface area contributed by atoms with E-state index < -0.39 is 0 Å². The summed E-state index contributed by atoms with van der Waals surface area (Å²) >= 11 is 1.62. The molecule has 1 N–H and O–H groups in total. The number of nitrogens with zero attached hydrogens (tertiary/aromatic N) is 3. The molecule has 1 fully saturated rings. The van der Waals surface area contributed by atoms with Crippen molar-refractivity contribution in [3.05, 3.63) is 58.7 Å². The number of carbonyl (C=O) groups is 1. The first-order chi connectivity index (χ1) is 16.1. The third-order valence-corrected chi connectivity index (χ3v) is 6.54. The number of carbonyl (C=O) groups excluding carboxylic acids is 1. The Hall–Kier alpha value is -3.01. The summed E-state index contributed by atoms with van der Waals surface area (Å²) in [6.07, 6.45) is 0. The van der Waals surface area contributed by atoms with Crippen LogP contribution in [0.1, 0.15) is 5.01 Å². The molecule has 0 spiro atoms. The van der Waals surface area contributed by atoms with Gasteiger partial charge in [-0.1, -0.05) is 0 Å². The standard InChI is InChI=1S/C24H25FN4O3S/c25-18-3-1-17(2-4-18)20-16-33-24(27-20)15-29-9-7-28(8-10-29)14-23(30)26-19-5-6-21-22(13-19)32-12-11-31-21/h1-6,13,16H,7-12,14-15H2,(H,26,30). The van der Waals surface area contributed by atoms with Crippen molar-refractivity contribution in [2.45, 2.75) is 6.54 Å². The highest BCUT2D eigenvalue weighted by molar-refractivity contribution is 7.09. The van der Waals surface area contributed by atoms with Gasteiger partial charge in [-0.05, 0) is 36.4 Å². The minimum atomic E-state index is -0.243. The number of benzene rings is 2. The van der Waals surface area contributed by atoms with E-state index in [0.29, 0.717) is 36.9 Å². The lowest BCUT2D eigenvalue weighted by Crippen LogP contribution is -2.48. The molecule has 3 aromatic rings. The van der Waals surface area contributed by atoms with Crippen LogP contribution in [0, 0.1) is 5.82 Å². The Kier molecular flexibility index (Phi) is 6.52. The second-order valence-corrected chi connectivity index (χ2v) is 9.03. The zero-order chi connectivity index (χ0) is 22.6. The maximum Gasteiger partial charge on any atom is 0.238 e. The molecule has 172 valence electrons. The first kappa shape index (κ1) is 21.8. The first-order valence-electron chi connectivity index (χ1n) is 11.0. The van der Waals surface area contributed by atoms with Crippen LogP contribution >= 0.6 is 11.3 Å². The third-order valence-electron chi connectivity index (χ3n) is 5.71. The topological polar surface area (TPSA) is 66.9 Å². The van der Waals surface area contributed by atoms with Gasteiger partial charge in [0.2, 0.25) is 5.91 Å². The molecule has 0 saturated carbocycles. The number of aromatic nitrogens is 1. The Morgan fingerprint density at radius 1 is 1.00 bits per heavy atom. The van der Waals surface area contributed by atoms with E-state index in [1.54, 1.807) is 29.5 Å². The summed E-state index contributed by atoms with van der Waals surface area (Å²) in [6.45, 7) is 5.60. The SMILES string of the molecule is O=C(CN1CCN(Cc2nc(-c3ccc(F)cc3)cs2)CC1)Nc1ccc2c(c1)OCCO2. The first-order valence-corrected chi connectivity index (χ1v) is 11.8. The van der Waals surface area contributed by atoms with Crippen LogP contribution in [0.4, 0.5) is 10.1 Å². The maximum absolute atomic E-state index is 13.1. The zero-order valence-corrected chi connectivity index (χ0v) is 18.9. The van der Waals surface area contributed by atoms with Crippen molar-refractivity contribution in [3.8, 4) is 22.8 Å². The fourth-order valence-corrected chi connectivity index (χ4v) is 4.80. The predicted molar refractivity (Wildman–Crippen MR) is 125 cm³/mol. The molecule has 1 aromatic heterocycles. The minimum absolute atomic E-state index is 0.0380. The van der Waals surface area contributed by atoms with Crippen LogP contribution in [-0.2, 0) is 11.3 Å². The van der Waals surface area contributed by atoms with Crippen LogP contribution in [0.15, 0.2) is 47.8 Å². The Bertz CT molecular complexity index is 1110. The van der Waals surface area contributed by atoms with Crippen molar-refractivity contribution in [2.75, 3.05) is 51.3 Å². The molecule has 0 aliphatic carbocycles. The lowest BCUT2D eigenvalue weighted by Gasteiger charge is -2.33. The number of thiazole rings is 1. The van der Waals surface area contributed by atoms with Gasteiger partial charge in [-0.3, -0.25) is 14.6 Å². The predicted octanol–water partition coefficient (Wildman–Crippen LogP) is 3.48. The van der Waals surface area contributed by atoms with Crippen LogP contribution < -0.4 is 14.8 Å². The van der Waals surface area contributed by atoms with Crippen LogP contribution in [0.3, 0.4) is 0 Å². The lowest BCUT2D eigenvalue weighted by molar-refractivity contribution is -0.117. The van der Waals surface area contributed by atoms with E-state index >= 15 is 0 Å². The molecule has 1 saturated heterocycles. The molecule has 0 unspecified atom stereocenters. The van der Waals surface area contributed by atoms with Gasteiger partial charge >= 0.3 is 0 Å². The van der Waals surface area contributed by atoms with Crippen molar-refractivity contribution in [1.29, 1.82) is 0 Å². The number of amides is 1. The Balaban J connectivity index is 1.08. The van der Waals surface area contributed by atoms with Gasteiger partial charge < -0.3 is 14.8 Å². The van der Waals surface area contributed by atoms with Gasteiger partial charge in [0.25, 0.3) is 0 Å². The van der Waals surface area contributed by atoms with Gasteiger partial charge in [0.05, 0.1) is 18.8 Å². The molecular weight excluding hydrogens is 443 g/mol. The largest absolute Gasteiger partial charge is 0.486 e. The van der Waals surface area contributed by atoms with Gasteiger partial charge in [0.15, 0.2) is 11.5 Å². The summed E-state index contributed by atoms with van der Waals surface area (Å²) in [7, 11) is 0. The number of hydrogen-bond donors (Lipinski definition) is 1. The van der Waals surface area contributed by atoms with Crippen LogP contribution in [0.25, 0.3) is 11.3 Å². The van der Waals surface area contributed by atoms with Gasteiger partial charge in [0.1, 0.15) is 24.0 Å². The fraction of sp³-hybridized carbons (Fsp3) is 0.333. The number of anilines is 1. The Morgan fingerprint density at radius 2 is 1.73 bits per heavy atom. The molecule has 7 nitrogen and oxygen atoms in total. The minimum Gasteiger partial charge on any atom is -0.486 e. The highest BCUT2D eigenvalue weighted by Crippen LogP contribution is 2.32. The molecule has 2 aromatic carbocycles. The van der Waals surface area contributed by atoms with Crippen molar-refractivity contribution in [1.82, 2.24) is 14.8 Å². The van der Waals surface area contributed by atoms with E-state index in [-0.39, 0.29) is 11.7 Å². The summed E-state index contributed by atoms with van der Waals surface area (Å²) in [4.78, 5) is 21.7. The number of piperazine rings is 1. The van der Waals surface area contributed by atoms with Crippen molar-refractivity contribution in [3.63, 3.8) is 0 Å². The molecule has 0 radical (unpaired) electrons. The molecular formula is C24H25FN4O3S. The molecule has 5 rings (SSSR count).